The van der Waals surface area contributed by atoms with E-state index in [9.17, 15) is 33.6 Å². The highest BCUT2D eigenvalue weighted by molar-refractivity contribution is 7.85. The van der Waals surface area contributed by atoms with Crippen molar-refractivity contribution in [2.75, 3.05) is 25.4 Å². The Kier molecular flexibility index (Phi) is 9.70. The summed E-state index contributed by atoms with van der Waals surface area (Å²) in [4.78, 5) is 14.2. The third-order valence-corrected chi connectivity index (χ3v) is 13.1. The lowest BCUT2D eigenvalue weighted by atomic mass is 9.41. The fraction of sp³-hybridized carbons (Fsp3) is 0.967. The molecule has 0 spiro atoms. The van der Waals surface area contributed by atoms with E-state index < -0.39 is 28.1 Å². The van der Waals surface area contributed by atoms with Crippen LogP contribution in [0.15, 0.2) is 0 Å². The Morgan fingerprint density at radius 2 is 1.73 bits per heavy atom. The van der Waals surface area contributed by atoms with Crippen LogP contribution in [-0.4, -0.2) is 88.0 Å². The monoisotopic (exact) mass is 587 g/mol. The van der Waals surface area contributed by atoms with Gasteiger partial charge in [0, 0.05) is 19.5 Å². The van der Waals surface area contributed by atoms with E-state index in [-0.39, 0.29) is 90.4 Å². The normalized spacial score (nSPS) is 43.9. The molecule has 4 rings (SSSR count). The van der Waals surface area contributed by atoms with Crippen molar-refractivity contribution < 1.29 is 38.2 Å². The van der Waals surface area contributed by atoms with Crippen LogP contribution >= 0.6 is 0 Å². The Hall–Kier alpha value is -0.780. The number of aliphatic hydroxyl groups is 4. The molecule has 232 valence electrons. The number of amides is 1. The van der Waals surface area contributed by atoms with Gasteiger partial charge in [-0.3, -0.25) is 9.35 Å². The number of carbonyl (C=O) groups is 1. The van der Waals surface area contributed by atoms with Gasteiger partial charge < -0.3 is 25.3 Å². The summed E-state index contributed by atoms with van der Waals surface area (Å²) in [6.45, 7) is 8.40. The molecule has 0 aromatic carbocycles. The average Bonchev–Trinajstić information content (AvgIpc) is 3.24. The summed E-state index contributed by atoms with van der Waals surface area (Å²) >= 11 is 0. The van der Waals surface area contributed by atoms with Gasteiger partial charge in [-0.25, -0.2) is 0 Å². The molecule has 4 fully saturated rings. The molecule has 12 atom stereocenters. The minimum atomic E-state index is -4.21. The molecule has 1 amide bonds. The van der Waals surface area contributed by atoms with Crippen LogP contribution in [-0.2, 0) is 14.9 Å². The molecule has 0 aliphatic heterocycles. The third-order valence-electron chi connectivity index (χ3n) is 12.4. The molecule has 40 heavy (non-hydrogen) atoms. The van der Waals surface area contributed by atoms with Gasteiger partial charge in [-0.2, -0.15) is 8.42 Å². The van der Waals surface area contributed by atoms with Crippen molar-refractivity contribution in [1.29, 1.82) is 0 Å². The molecule has 0 aromatic rings. The van der Waals surface area contributed by atoms with Crippen molar-refractivity contribution in [2.24, 2.45) is 52.3 Å². The summed E-state index contributed by atoms with van der Waals surface area (Å²) in [5.74, 6) is 0.462. The third kappa shape index (κ3) is 5.74. The highest BCUT2D eigenvalue weighted by Crippen LogP contribution is 2.69. The second-order valence-electron chi connectivity index (χ2n) is 14.1. The topological polar surface area (TPSA) is 156 Å². The molecular weight excluding hydrogens is 534 g/mol. The summed E-state index contributed by atoms with van der Waals surface area (Å²) in [6.07, 6.45) is 5.40. The van der Waals surface area contributed by atoms with Crippen molar-refractivity contribution in [3.8, 4) is 0 Å². The fourth-order valence-corrected chi connectivity index (χ4v) is 10.8. The highest BCUT2D eigenvalue weighted by Gasteiger charge is 2.67. The van der Waals surface area contributed by atoms with Crippen molar-refractivity contribution in [3.05, 3.63) is 0 Å². The molecule has 5 N–H and O–H groups in total. The Morgan fingerprint density at radius 3 is 2.35 bits per heavy atom. The smallest absolute Gasteiger partial charge is 0.266 e. The van der Waals surface area contributed by atoms with E-state index in [0.29, 0.717) is 12.8 Å². The number of fused-ring (bicyclic) bond motifs is 5. The summed E-state index contributed by atoms with van der Waals surface area (Å²) in [5, 5.41) is 43.6. The molecule has 4 aliphatic carbocycles. The SMILES string of the molecule is CC[C@H]1[C@@H](O)[C@@H]2[C@H](C[C@H](O)[C@]3(C)[C@@H]([C@H](C)CCC(=O)N(CCO)CCS(=O)(=O)O)CC[C@@H]23)[C@@]2(C)CC[C@@H](O)C[C@@H]12. The van der Waals surface area contributed by atoms with Crippen LogP contribution in [0.5, 0.6) is 0 Å². The van der Waals surface area contributed by atoms with Gasteiger partial charge >= 0.3 is 0 Å². The molecule has 0 radical (unpaired) electrons. The first-order valence-corrected chi connectivity index (χ1v) is 17.2. The average molecular weight is 588 g/mol. The van der Waals surface area contributed by atoms with E-state index in [4.69, 9.17) is 4.55 Å². The molecule has 0 unspecified atom stereocenters. The maximum atomic E-state index is 12.9. The maximum absolute atomic E-state index is 12.9. The standard InChI is InChI=1S/C30H53NO8S/c1-5-20-23-16-19(33)10-11-29(23,3)24-17-25(34)30(4)21(7-8-22(30)27(24)28(20)36)18(2)6-9-26(35)31(12-14-32)13-15-40(37,38)39/h18-25,27-28,32-34,36H,5-17H2,1-4H3,(H,37,38,39)/t18-,19-,20-,21-,22+,23+,24+,25+,27+,28-,29+,30-/m1/s1. The number of hydrogen-bond acceptors (Lipinski definition) is 7. The highest BCUT2D eigenvalue weighted by atomic mass is 32.2. The zero-order valence-corrected chi connectivity index (χ0v) is 25.6. The predicted molar refractivity (Wildman–Crippen MR) is 152 cm³/mol. The molecule has 0 bridgehead atoms. The largest absolute Gasteiger partial charge is 0.395 e. The van der Waals surface area contributed by atoms with Crippen molar-refractivity contribution >= 4 is 16.0 Å². The zero-order chi connectivity index (χ0) is 29.6. The Labute approximate surface area is 240 Å². The molecule has 10 heteroatoms. The van der Waals surface area contributed by atoms with Crippen LogP contribution in [0.2, 0.25) is 0 Å². The number of aliphatic hydroxyl groups excluding tert-OH is 4. The lowest BCUT2D eigenvalue weighted by Gasteiger charge is -2.65. The minimum absolute atomic E-state index is 0.000446. The quantitative estimate of drug-likeness (QED) is 0.244. The van der Waals surface area contributed by atoms with Crippen molar-refractivity contribution in [3.63, 3.8) is 0 Å². The number of nitrogens with zero attached hydrogens (tertiary/aromatic N) is 1. The van der Waals surface area contributed by atoms with Gasteiger partial charge in [0.1, 0.15) is 0 Å². The van der Waals surface area contributed by atoms with Gasteiger partial charge in [0.15, 0.2) is 0 Å². The lowest BCUT2D eigenvalue weighted by Crippen LogP contribution is -2.65. The number of hydrogen-bond donors (Lipinski definition) is 5. The van der Waals surface area contributed by atoms with E-state index in [0.717, 1.165) is 38.5 Å². The van der Waals surface area contributed by atoms with Crippen LogP contribution < -0.4 is 0 Å². The fourth-order valence-electron chi connectivity index (χ4n) is 10.3. The first-order valence-electron chi connectivity index (χ1n) is 15.6. The molecular formula is C30H53NO8S. The van der Waals surface area contributed by atoms with Crippen LogP contribution in [0, 0.1) is 52.3 Å². The Bertz CT molecular complexity index is 1010. The van der Waals surface area contributed by atoms with Crippen molar-refractivity contribution in [2.45, 2.75) is 104 Å². The second kappa shape index (κ2) is 12.1. The Morgan fingerprint density at radius 1 is 1.02 bits per heavy atom. The van der Waals surface area contributed by atoms with Crippen molar-refractivity contribution in [1.82, 2.24) is 4.90 Å². The summed E-state index contributed by atoms with van der Waals surface area (Å²) in [6, 6.07) is 0. The minimum Gasteiger partial charge on any atom is -0.395 e. The van der Waals surface area contributed by atoms with E-state index in [2.05, 4.69) is 27.7 Å². The molecule has 0 heterocycles. The van der Waals surface area contributed by atoms with Crippen LogP contribution in [0.1, 0.15) is 85.5 Å². The van der Waals surface area contributed by atoms with Crippen LogP contribution in [0.4, 0.5) is 0 Å². The van der Waals surface area contributed by atoms with Gasteiger partial charge in [0.2, 0.25) is 5.91 Å². The van der Waals surface area contributed by atoms with E-state index >= 15 is 0 Å². The number of rotatable bonds is 10. The maximum Gasteiger partial charge on any atom is 0.266 e. The first-order chi connectivity index (χ1) is 18.7. The van der Waals surface area contributed by atoms with Gasteiger partial charge in [-0.1, -0.05) is 34.1 Å². The van der Waals surface area contributed by atoms with E-state index in [1.54, 1.807) is 0 Å². The predicted octanol–water partition coefficient (Wildman–Crippen LogP) is 2.71. The van der Waals surface area contributed by atoms with Gasteiger partial charge in [0.05, 0.1) is 30.7 Å². The molecule has 4 aliphatic rings. The second-order valence-corrected chi connectivity index (χ2v) is 15.7. The summed E-state index contributed by atoms with van der Waals surface area (Å²) in [7, 11) is -4.21. The first kappa shape index (κ1) is 32.1. The van der Waals surface area contributed by atoms with E-state index in [1.807, 2.05) is 0 Å². The van der Waals surface area contributed by atoms with Crippen LogP contribution in [0.25, 0.3) is 0 Å². The van der Waals surface area contributed by atoms with Gasteiger partial charge in [-0.15, -0.1) is 0 Å². The summed E-state index contributed by atoms with van der Waals surface area (Å²) in [5.41, 5.74) is -0.365. The Balaban J connectivity index is 1.50. The molecule has 4 saturated carbocycles. The summed E-state index contributed by atoms with van der Waals surface area (Å²) < 4.78 is 31.4. The molecule has 9 nitrogen and oxygen atoms in total. The zero-order valence-electron chi connectivity index (χ0n) is 24.8. The molecule has 0 aromatic heterocycles. The van der Waals surface area contributed by atoms with Gasteiger partial charge in [-0.05, 0) is 97.2 Å². The number of carbonyl (C=O) groups excluding carboxylic acids is 1. The van der Waals surface area contributed by atoms with E-state index in [1.165, 1.54) is 4.90 Å². The van der Waals surface area contributed by atoms with Crippen LogP contribution in [0.3, 0.4) is 0 Å². The lowest BCUT2D eigenvalue weighted by molar-refractivity contribution is -0.228. The van der Waals surface area contributed by atoms with Gasteiger partial charge in [0.25, 0.3) is 10.1 Å². The molecule has 0 saturated heterocycles.